The molecule has 1 heterocycles. The van der Waals surface area contributed by atoms with Crippen molar-refractivity contribution in [3.8, 4) is 55.6 Å². The fraction of sp³-hybridized carbons (Fsp3) is 0. The summed E-state index contributed by atoms with van der Waals surface area (Å²) in [6.07, 6.45) is 0. The standard InChI is InChI=1S/C52H30O/c1-3-13-32(14-4-1)46-39-18-9-10-19-40(39)47(33-15-5-2-6-16-33)51-44-30-45-49(41-20-11-21-42(48(41)44)50(46)51)43-27-25-37-29-36(24-26-38(37)52(43)53-45)35-23-22-31-12-7-8-17-34(31)28-35/h1-30H. The summed E-state index contributed by atoms with van der Waals surface area (Å²) in [4.78, 5) is 0. The van der Waals surface area contributed by atoms with Crippen LogP contribution in [0.3, 0.4) is 0 Å². The number of hydrogen-bond donors (Lipinski definition) is 0. The van der Waals surface area contributed by atoms with Gasteiger partial charge in [0, 0.05) is 16.2 Å². The Hall–Kier alpha value is -6.96. The predicted octanol–water partition coefficient (Wildman–Crippen LogP) is 14.8. The first-order chi connectivity index (χ1) is 26.3. The smallest absolute Gasteiger partial charge is 0.143 e. The van der Waals surface area contributed by atoms with Gasteiger partial charge in [0.05, 0.1) is 0 Å². The summed E-state index contributed by atoms with van der Waals surface area (Å²) in [6.45, 7) is 0. The Morgan fingerprint density at radius 2 is 0.849 bits per heavy atom. The minimum atomic E-state index is 0.923. The van der Waals surface area contributed by atoms with Crippen molar-refractivity contribution in [2.45, 2.75) is 0 Å². The second-order valence-electron chi connectivity index (χ2n) is 14.3. The van der Waals surface area contributed by atoms with Gasteiger partial charge in [-0.25, -0.2) is 0 Å². The predicted molar refractivity (Wildman–Crippen MR) is 224 cm³/mol. The highest BCUT2D eigenvalue weighted by atomic mass is 16.3. The molecule has 12 rings (SSSR count). The molecule has 1 aliphatic rings. The van der Waals surface area contributed by atoms with E-state index in [0.717, 1.165) is 21.9 Å². The fourth-order valence-electron chi connectivity index (χ4n) is 9.28. The Morgan fingerprint density at radius 1 is 0.283 bits per heavy atom. The van der Waals surface area contributed by atoms with E-state index >= 15 is 0 Å². The average molecular weight is 671 g/mol. The van der Waals surface area contributed by atoms with Gasteiger partial charge < -0.3 is 4.42 Å². The SMILES string of the molecule is c1ccc(-c2c3c(c(-c4ccccc4)c4ccccc24)-c2cc4oc5c6ccc(-c7ccc8ccccc8c7)cc6ccc5c4c4cccc-3c24)cc1. The summed E-state index contributed by atoms with van der Waals surface area (Å²) < 4.78 is 7.01. The molecule has 0 N–H and O–H groups in total. The first kappa shape index (κ1) is 28.7. The van der Waals surface area contributed by atoms with Crippen LogP contribution >= 0.6 is 0 Å². The summed E-state index contributed by atoms with van der Waals surface area (Å²) >= 11 is 0. The van der Waals surface area contributed by atoms with Gasteiger partial charge in [0.1, 0.15) is 11.2 Å². The number of benzene rings is 10. The Balaban J connectivity index is 1.15. The fourth-order valence-corrected chi connectivity index (χ4v) is 9.28. The van der Waals surface area contributed by atoms with Crippen LogP contribution in [0.15, 0.2) is 186 Å². The molecule has 10 aromatic carbocycles. The lowest BCUT2D eigenvalue weighted by molar-refractivity contribution is 0.673. The first-order valence-electron chi connectivity index (χ1n) is 18.3. The Morgan fingerprint density at radius 3 is 1.58 bits per heavy atom. The van der Waals surface area contributed by atoms with Gasteiger partial charge in [-0.3, -0.25) is 0 Å². The summed E-state index contributed by atoms with van der Waals surface area (Å²) in [7, 11) is 0. The van der Waals surface area contributed by atoms with Gasteiger partial charge >= 0.3 is 0 Å². The summed E-state index contributed by atoms with van der Waals surface area (Å²) in [5, 5.41) is 12.2. The van der Waals surface area contributed by atoms with E-state index in [-0.39, 0.29) is 0 Å². The van der Waals surface area contributed by atoms with E-state index in [2.05, 4.69) is 182 Å². The topological polar surface area (TPSA) is 13.1 Å². The van der Waals surface area contributed by atoms with E-state index < -0.39 is 0 Å². The molecular formula is C52H30O. The zero-order chi connectivity index (χ0) is 34.6. The normalized spacial score (nSPS) is 12.2. The van der Waals surface area contributed by atoms with E-state index in [1.807, 2.05) is 0 Å². The summed E-state index contributed by atoms with van der Waals surface area (Å²) in [5.41, 5.74) is 14.4. The van der Waals surface area contributed by atoms with Crippen LogP contribution in [-0.2, 0) is 0 Å². The van der Waals surface area contributed by atoms with Gasteiger partial charge in [-0.1, -0.05) is 152 Å². The van der Waals surface area contributed by atoms with Gasteiger partial charge in [-0.05, 0) is 124 Å². The molecule has 0 amide bonds. The molecule has 1 aliphatic carbocycles. The highest BCUT2D eigenvalue weighted by Gasteiger charge is 2.32. The lowest BCUT2D eigenvalue weighted by Crippen LogP contribution is -1.93. The molecule has 0 bridgehead atoms. The number of fused-ring (bicyclic) bond motifs is 11. The zero-order valence-electron chi connectivity index (χ0n) is 28.7. The van der Waals surface area contributed by atoms with E-state index in [1.54, 1.807) is 0 Å². The van der Waals surface area contributed by atoms with E-state index in [4.69, 9.17) is 4.42 Å². The maximum Gasteiger partial charge on any atom is 0.143 e. The van der Waals surface area contributed by atoms with Crippen molar-refractivity contribution in [1.82, 2.24) is 0 Å². The molecule has 0 saturated carbocycles. The van der Waals surface area contributed by atoms with Crippen LogP contribution in [0.1, 0.15) is 0 Å². The Bertz CT molecular complexity index is 3310. The molecule has 0 atom stereocenters. The Kier molecular flexibility index (Phi) is 5.84. The third-order valence-electron chi connectivity index (χ3n) is 11.5. The highest BCUT2D eigenvalue weighted by molar-refractivity contribution is 6.34. The average Bonchev–Trinajstić information content (AvgIpc) is 3.77. The van der Waals surface area contributed by atoms with Crippen molar-refractivity contribution in [2.24, 2.45) is 0 Å². The lowest BCUT2D eigenvalue weighted by atomic mass is 9.82. The molecule has 1 nitrogen and oxygen atoms in total. The monoisotopic (exact) mass is 670 g/mol. The second kappa shape index (κ2) is 10.8. The van der Waals surface area contributed by atoms with Gasteiger partial charge in [0.25, 0.3) is 0 Å². The van der Waals surface area contributed by atoms with Crippen molar-refractivity contribution in [3.05, 3.63) is 182 Å². The van der Waals surface area contributed by atoms with Gasteiger partial charge in [0.15, 0.2) is 0 Å². The van der Waals surface area contributed by atoms with Crippen LogP contribution in [0.4, 0.5) is 0 Å². The summed E-state index contributed by atoms with van der Waals surface area (Å²) in [6, 6.07) is 66.5. The zero-order valence-corrected chi connectivity index (χ0v) is 28.7. The quantitative estimate of drug-likeness (QED) is 0.182. The maximum absolute atomic E-state index is 7.01. The van der Waals surface area contributed by atoms with E-state index in [1.165, 1.54) is 98.7 Å². The van der Waals surface area contributed by atoms with Crippen LogP contribution in [0, 0.1) is 0 Å². The highest BCUT2D eigenvalue weighted by Crippen LogP contribution is 2.59. The Labute approximate surface area is 306 Å². The van der Waals surface area contributed by atoms with Crippen molar-refractivity contribution < 1.29 is 4.42 Å². The van der Waals surface area contributed by atoms with Crippen LogP contribution in [0.5, 0.6) is 0 Å². The molecule has 0 spiro atoms. The molecule has 0 fully saturated rings. The van der Waals surface area contributed by atoms with E-state index in [9.17, 15) is 0 Å². The second-order valence-corrected chi connectivity index (χ2v) is 14.3. The minimum absolute atomic E-state index is 0.923. The molecule has 11 aromatic rings. The van der Waals surface area contributed by atoms with Crippen LogP contribution in [-0.4, -0.2) is 0 Å². The third-order valence-corrected chi connectivity index (χ3v) is 11.5. The molecular weight excluding hydrogens is 641 g/mol. The first-order valence-corrected chi connectivity index (χ1v) is 18.3. The van der Waals surface area contributed by atoms with Crippen molar-refractivity contribution in [1.29, 1.82) is 0 Å². The number of furan rings is 1. The van der Waals surface area contributed by atoms with Gasteiger partial charge in [-0.15, -0.1) is 0 Å². The molecule has 1 aromatic heterocycles. The molecule has 1 heteroatoms. The molecule has 0 radical (unpaired) electrons. The lowest BCUT2D eigenvalue weighted by Gasteiger charge is -2.20. The number of rotatable bonds is 3. The van der Waals surface area contributed by atoms with Crippen LogP contribution < -0.4 is 0 Å². The van der Waals surface area contributed by atoms with Crippen LogP contribution in [0.2, 0.25) is 0 Å². The van der Waals surface area contributed by atoms with Gasteiger partial charge in [0.2, 0.25) is 0 Å². The largest absolute Gasteiger partial charge is 0.455 e. The molecule has 244 valence electrons. The van der Waals surface area contributed by atoms with Crippen molar-refractivity contribution in [3.63, 3.8) is 0 Å². The molecule has 53 heavy (non-hydrogen) atoms. The number of hydrogen-bond acceptors (Lipinski definition) is 1. The van der Waals surface area contributed by atoms with Crippen molar-refractivity contribution in [2.75, 3.05) is 0 Å². The molecule has 0 unspecified atom stereocenters. The molecule has 0 aliphatic heterocycles. The third kappa shape index (κ3) is 4.02. The maximum atomic E-state index is 7.01. The molecule has 0 saturated heterocycles. The van der Waals surface area contributed by atoms with Crippen molar-refractivity contribution >= 4 is 65.0 Å². The van der Waals surface area contributed by atoms with Crippen LogP contribution in [0.25, 0.3) is 121 Å². The van der Waals surface area contributed by atoms with E-state index in [0.29, 0.717) is 0 Å². The van der Waals surface area contributed by atoms with Gasteiger partial charge in [-0.2, -0.15) is 0 Å². The minimum Gasteiger partial charge on any atom is -0.455 e. The summed E-state index contributed by atoms with van der Waals surface area (Å²) in [5.74, 6) is 0.